The van der Waals surface area contributed by atoms with E-state index in [1.165, 1.54) is 0 Å². The van der Waals surface area contributed by atoms with E-state index in [0.717, 1.165) is 16.7 Å². The van der Waals surface area contributed by atoms with Crippen molar-refractivity contribution in [2.75, 3.05) is 0 Å². The van der Waals surface area contributed by atoms with Crippen LogP contribution in [-0.4, -0.2) is 15.0 Å². The lowest BCUT2D eigenvalue weighted by Gasteiger charge is -1.96. The summed E-state index contributed by atoms with van der Waals surface area (Å²) in [5.41, 5.74) is 1.92. The van der Waals surface area contributed by atoms with Gasteiger partial charge < -0.3 is 0 Å². The van der Waals surface area contributed by atoms with Crippen molar-refractivity contribution >= 4 is 15.9 Å². The number of para-hydroxylation sites is 1. The summed E-state index contributed by atoms with van der Waals surface area (Å²) >= 11 is 3.33. The van der Waals surface area contributed by atoms with Crippen LogP contribution in [0.15, 0.2) is 36.5 Å². The SMILES string of the molecule is BrCc1cnn(-c2ccccc2)n1. The van der Waals surface area contributed by atoms with Crippen LogP contribution >= 0.6 is 15.9 Å². The minimum absolute atomic E-state index is 0.736. The molecule has 3 nitrogen and oxygen atoms in total. The minimum Gasteiger partial charge on any atom is -0.157 e. The van der Waals surface area contributed by atoms with Crippen molar-refractivity contribution in [1.29, 1.82) is 0 Å². The van der Waals surface area contributed by atoms with Gasteiger partial charge in [-0.25, -0.2) is 0 Å². The molecule has 0 unspecified atom stereocenters. The van der Waals surface area contributed by atoms with E-state index in [-0.39, 0.29) is 0 Å². The molecular weight excluding hydrogens is 230 g/mol. The molecule has 0 N–H and O–H groups in total. The largest absolute Gasteiger partial charge is 0.157 e. The minimum atomic E-state index is 0.736. The summed E-state index contributed by atoms with van der Waals surface area (Å²) in [6.45, 7) is 0. The van der Waals surface area contributed by atoms with Crippen molar-refractivity contribution in [3.05, 3.63) is 42.2 Å². The van der Waals surface area contributed by atoms with Gasteiger partial charge in [0.05, 0.1) is 17.6 Å². The van der Waals surface area contributed by atoms with E-state index in [1.54, 1.807) is 11.0 Å². The molecule has 0 bridgehead atoms. The average Bonchev–Trinajstić information content (AvgIpc) is 2.67. The molecule has 0 aliphatic carbocycles. The first-order valence-corrected chi connectivity index (χ1v) is 5.05. The number of nitrogens with zero attached hydrogens (tertiary/aromatic N) is 3. The molecule has 1 heterocycles. The van der Waals surface area contributed by atoms with E-state index in [1.807, 2.05) is 30.3 Å². The van der Waals surface area contributed by atoms with Gasteiger partial charge in [0.15, 0.2) is 0 Å². The monoisotopic (exact) mass is 237 g/mol. The van der Waals surface area contributed by atoms with E-state index in [2.05, 4.69) is 26.1 Å². The standard InChI is InChI=1S/C9H8BrN3/c10-6-8-7-11-13(12-8)9-4-2-1-3-5-9/h1-5,7H,6H2. The fourth-order valence-electron chi connectivity index (χ4n) is 1.04. The van der Waals surface area contributed by atoms with Crippen LogP contribution in [0.1, 0.15) is 5.69 Å². The molecular formula is C9H8BrN3. The molecule has 2 rings (SSSR count). The normalized spacial score (nSPS) is 10.2. The molecule has 13 heavy (non-hydrogen) atoms. The van der Waals surface area contributed by atoms with E-state index in [4.69, 9.17) is 0 Å². The molecule has 0 atom stereocenters. The number of aromatic nitrogens is 3. The molecule has 4 heteroatoms. The lowest BCUT2D eigenvalue weighted by atomic mass is 10.3. The van der Waals surface area contributed by atoms with E-state index < -0.39 is 0 Å². The first-order chi connectivity index (χ1) is 6.40. The van der Waals surface area contributed by atoms with Gasteiger partial charge in [0.2, 0.25) is 0 Å². The average molecular weight is 238 g/mol. The number of hydrogen-bond donors (Lipinski definition) is 0. The summed E-state index contributed by atoms with van der Waals surface area (Å²) < 4.78 is 0. The second kappa shape index (κ2) is 3.70. The highest BCUT2D eigenvalue weighted by molar-refractivity contribution is 9.08. The lowest BCUT2D eigenvalue weighted by molar-refractivity contribution is 0.745. The Labute approximate surface area is 84.5 Å². The zero-order valence-corrected chi connectivity index (χ0v) is 8.48. The van der Waals surface area contributed by atoms with E-state index >= 15 is 0 Å². The highest BCUT2D eigenvalue weighted by Crippen LogP contribution is 2.05. The van der Waals surface area contributed by atoms with Crippen LogP contribution in [0.3, 0.4) is 0 Å². The molecule has 66 valence electrons. The summed E-state index contributed by atoms with van der Waals surface area (Å²) in [6.07, 6.45) is 1.75. The zero-order valence-electron chi connectivity index (χ0n) is 6.89. The van der Waals surface area contributed by atoms with Gasteiger partial charge in [-0.1, -0.05) is 34.1 Å². The topological polar surface area (TPSA) is 30.7 Å². The summed E-state index contributed by atoms with van der Waals surface area (Å²) in [5.74, 6) is 0. The molecule has 0 saturated carbocycles. The van der Waals surface area contributed by atoms with Gasteiger partial charge >= 0.3 is 0 Å². The van der Waals surface area contributed by atoms with E-state index in [9.17, 15) is 0 Å². The molecule has 0 radical (unpaired) electrons. The molecule has 0 aliphatic rings. The smallest absolute Gasteiger partial charge is 0.0937 e. The second-order valence-corrected chi connectivity index (χ2v) is 3.16. The number of benzene rings is 1. The predicted molar refractivity (Wildman–Crippen MR) is 54.0 cm³/mol. The van der Waals surface area contributed by atoms with Gasteiger partial charge in [-0.05, 0) is 12.1 Å². The van der Waals surface area contributed by atoms with E-state index in [0.29, 0.717) is 0 Å². The lowest BCUT2D eigenvalue weighted by Crippen LogP contribution is -1.98. The third-order valence-electron chi connectivity index (χ3n) is 1.66. The molecule has 2 aromatic rings. The third kappa shape index (κ3) is 1.78. The number of alkyl halides is 1. The van der Waals surface area contributed by atoms with Gasteiger partial charge in [0.25, 0.3) is 0 Å². The van der Waals surface area contributed by atoms with Crippen LogP contribution in [0.4, 0.5) is 0 Å². The molecule has 0 saturated heterocycles. The number of hydrogen-bond acceptors (Lipinski definition) is 2. The van der Waals surface area contributed by atoms with Gasteiger partial charge in [0.1, 0.15) is 0 Å². The van der Waals surface area contributed by atoms with Gasteiger partial charge in [-0.3, -0.25) is 0 Å². The Hall–Kier alpha value is -1.16. The molecule has 0 amide bonds. The van der Waals surface area contributed by atoms with Gasteiger partial charge in [0, 0.05) is 5.33 Å². The Kier molecular flexibility index (Phi) is 2.40. The molecule has 0 aliphatic heterocycles. The van der Waals surface area contributed by atoms with Crippen molar-refractivity contribution in [2.45, 2.75) is 5.33 Å². The van der Waals surface area contributed by atoms with Crippen molar-refractivity contribution < 1.29 is 0 Å². The zero-order chi connectivity index (χ0) is 9.10. The molecule has 1 aromatic carbocycles. The first kappa shape index (κ1) is 8.44. The molecule has 1 aromatic heterocycles. The summed E-state index contributed by atoms with van der Waals surface area (Å²) in [5, 5.41) is 9.13. The maximum Gasteiger partial charge on any atom is 0.0937 e. The Bertz CT molecular complexity index is 383. The fourth-order valence-corrected chi connectivity index (χ4v) is 1.30. The Morgan fingerprint density at radius 1 is 1.23 bits per heavy atom. The maximum absolute atomic E-state index is 4.26. The molecule has 0 fully saturated rings. The van der Waals surface area contributed by atoms with Gasteiger partial charge in [-0.15, -0.1) is 0 Å². The van der Waals surface area contributed by atoms with Crippen molar-refractivity contribution in [3.8, 4) is 5.69 Å². The predicted octanol–water partition coefficient (Wildman–Crippen LogP) is 2.16. The van der Waals surface area contributed by atoms with Crippen LogP contribution in [-0.2, 0) is 5.33 Å². The summed E-state index contributed by atoms with van der Waals surface area (Å²) in [4.78, 5) is 1.62. The van der Waals surface area contributed by atoms with Crippen molar-refractivity contribution in [2.24, 2.45) is 0 Å². The summed E-state index contributed by atoms with van der Waals surface area (Å²) in [7, 11) is 0. The fraction of sp³-hybridized carbons (Fsp3) is 0.111. The Morgan fingerprint density at radius 3 is 2.62 bits per heavy atom. The van der Waals surface area contributed by atoms with Crippen molar-refractivity contribution in [3.63, 3.8) is 0 Å². The Morgan fingerprint density at radius 2 is 2.00 bits per heavy atom. The molecule has 0 spiro atoms. The van der Waals surface area contributed by atoms with Crippen LogP contribution in [0, 0.1) is 0 Å². The van der Waals surface area contributed by atoms with Gasteiger partial charge in [-0.2, -0.15) is 15.0 Å². The van der Waals surface area contributed by atoms with Crippen molar-refractivity contribution in [1.82, 2.24) is 15.0 Å². The number of halogens is 1. The third-order valence-corrected chi connectivity index (χ3v) is 2.24. The highest BCUT2D eigenvalue weighted by Gasteiger charge is 1.99. The second-order valence-electron chi connectivity index (χ2n) is 2.59. The van der Waals surface area contributed by atoms with Crippen LogP contribution in [0.25, 0.3) is 5.69 Å². The number of rotatable bonds is 2. The Balaban J connectivity index is 2.36. The van der Waals surface area contributed by atoms with Crippen LogP contribution < -0.4 is 0 Å². The highest BCUT2D eigenvalue weighted by atomic mass is 79.9. The first-order valence-electron chi connectivity index (χ1n) is 3.93. The maximum atomic E-state index is 4.26. The van der Waals surface area contributed by atoms with Crippen LogP contribution in [0.2, 0.25) is 0 Å². The van der Waals surface area contributed by atoms with Crippen LogP contribution in [0.5, 0.6) is 0 Å². The quantitative estimate of drug-likeness (QED) is 0.750. The summed E-state index contributed by atoms with van der Waals surface area (Å²) in [6, 6.07) is 9.84.